The van der Waals surface area contributed by atoms with E-state index in [1.165, 1.54) is 24.5 Å². The van der Waals surface area contributed by atoms with Crippen molar-refractivity contribution in [1.29, 1.82) is 0 Å². The number of halogens is 1. The highest BCUT2D eigenvalue weighted by Gasteiger charge is 2.16. The molecule has 0 N–H and O–H groups in total. The van der Waals surface area contributed by atoms with Gasteiger partial charge in [-0.3, -0.25) is 10.1 Å². The predicted molar refractivity (Wildman–Crippen MR) is 64.9 cm³/mol. The minimum Gasteiger partial charge on any atom is -0.424 e. The van der Waals surface area contributed by atoms with Gasteiger partial charge in [-0.2, -0.15) is 0 Å². The summed E-state index contributed by atoms with van der Waals surface area (Å²) in [6.07, 6.45) is 3.03. The van der Waals surface area contributed by atoms with E-state index < -0.39 is 4.92 Å². The number of rotatable bonds is 3. The van der Waals surface area contributed by atoms with E-state index in [4.69, 9.17) is 16.3 Å². The minimum atomic E-state index is -0.569. The van der Waals surface area contributed by atoms with Gasteiger partial charge in [0.25, 0.3) is 5.69 Å². The quantitative estimate of drug-likeness (QED) is 0.629. The monoisotopic (exact) mass is 265 g/mol. The lowest BCUT2D eigenvalue weighted by atomic mass is 10.2. The first-order chi connectivity index (χ1) is 8.58. The molecule has 0 unspecified atom stereocenters. The zero-order valence-electron chi connectivity index (χ0n) is 9.33. The van der Waals surface area contributed by atoms with Crippen LogP contribution in [-0.4, -0.2) is 14.9 Å². The van der Waals surface area contributed by atoms with E-state index in [0.717, 1.165) is 0 Å². The van der Waals surface area contributed by atoms with Gasteiger partial charge in [-0.05, 0) is 24.6 Å². The Kier molecular flexibility index (Phi) is 3.38. The summed E-state index contributed by atoms with van der Waals surface area (Å²) in [6.45, 7) is 1.73. The van der Waals surface area contributed by atoms with Gasteiger partial charge in [-0.15, -0.1) is 0 Å². The summed E-state index contributed by atoms with van der Waals surface area (Å²) in [5.41, 5.74) is 0.450. The maximum Gasteiger partial charge on any atom is 0.321 e. The summed E-state index contributed by atoms with van der Waals surface area (Å²) in [4.78, 5) is 18.0. The smallest absolute Gasteiger partial charge is 0.321 e. The SMILES string of the molecule is Cc1cc(Cl)c([N+](=O)[O-])cc1Oc1ncccn1. The molecule has 7 heteroatoms. The Hall–Kier alpha value is -2.21. The number of hydrogen-bond donors (Lipinski definition) is 0. The maximum atomic E-state index is 10.8. The van der Waals surface area contributed by atoms with Crippen LogP contribution in [0.5, 0.6) is 11.8 Å². The van der Waals surface area contributed by atoms with Crippen molar-refractivity contribution in [1.82, 2.24) is 9.97 Å². The summed E-state index contributed by atoms with van der Waals surface area (Å²) in [5.74, 6) is 0.303. The second-order valence-corrected chi connectivity index (χ2v) is 3.87. The third-order valence-electron chi connectivity index (χ3n) is 2.18. The Morgan fingerprint density at radius 3 is 2.61 bits per heavy atom. The molecule has 92 valence electrons. The fourth-order valence-electron chi connectivity index (χ4n) is 1.33. The largest absolute Gasteiger partial charge is 0.424 e. The lowest BCUT2D eigenvalue weighted by Gasteiger charge is -2.07. The summed E-state index contributed by atoms with van der Waals surface area (Å²) >= 11 is 5.77. The van der Waals surface area contributed by atoms with E-state index in [9.17, 15) is 10.1 Å². The first kappa shape index (κ1) is 12.3. The van der Waals surface area contributed by atoms with Gasteiger partial charge in [0.2, 0.25) is 0 Å². The molecule has 0 aliphatic carbocycles. The lowest BCUT2D eigenvalue weighted by Crippen LogP contribution is -1.95. The molecular formula is C11H8ClN3O3. The van der Waals surface area contributed by atoms with Crippen LogP contribution in [0.1, 0.15) is 5.56 Å². The van der Waals surface area contributed by atoms with Gasteiger partial charge in [-0.25, -0.2) is 9.97 Å². The molecule has 1 aromatic carbocycles. The number of nitrogens with zero attached hydrogens (tertiary/aromatic N) is 3. The van der Waals surface area contributed by atoms with Crippen molar-refractivity contribution in [3.63, 3.8) is 0 Å². The zero-order valence-corrected chi connectivity index (χ0v) is 10.1. The van der Waals surface area contributed by atoms with E-state index in [1.54, 1.807) is 13.0 Å². The van der Waals surface area contributed by atoms with E-state index >= 15 is 0 Å². The third-order valence-corrected chi connectivity index (χ3v) is 2.49. The molecule has 6 nitrogen and oxygen atoms in total. The summed E-state index contributed by atoms with van der Waals surface area (Å²) in [7, 11) is 0. The molecule has 0 saturated heterocycles. The Morgan fingerprint density at radius 1 is 1.33 bits per heavy atom. The highest BCUT2D eigenvalue weighted by molar-refractivity contribution is 6.32. The van der Waals surface area contributed by atoms with E-state index in [0.29, 0.717) is 11.3 Å². The Labute approximate surface area is 107 Å². The van der Waals surface area contributed by atoms with Gasteiger partial charge >= 0.3 is 6.01 Å². The van der Waals surface area contributed by atoms with E-state index in [1.807, 2.05) is 0 Å². The molecule has 0 saturated carbocycles. The molecule has 0 bridgehead atoms. The highest BCUT2D eigenvalue weighted by Crippen LogP contribution is 2.33. The summed E-state index contributed by atoms with van der Waals surface area (Å²) in [5, 5.41) is 10.8. The number of ether oxygens (including phenoxy) is 1. The van der Waals surface area contributed by atoms with Gasteiger partial charge in [0.15, 0.2) is 0 Å². The molecule has 2 aromatic rings. The topological polar surface area (TPSA) is 78.2 Å². The van der Waals surface area contributed by atoms with Gasteiger partial charge in [0.1, 0.15) is 10.8 Å². The predicted octanol–water partition coefficient (Wildman–Crippen LogP) is 3.14. The Bertz CT molecular complexity index is 590. The molecule has 0 atom stereocenters. The number of benzene rings is 1. The molecule has 0 fully saturated rings. The van der Waals surface area contributed by atoms with E-state index in [2.05, 4.69) is 9.97 Å². The van der Waals surface area contributed by atoms with E-state index in [-0.39, 0.29) is 16.7 Å². The second kappa shape index (κ2) is 4.97. The summed E-state index contributed by atoms with van der Waals surface area (Å²) in [6, 6.07) is 4.49. The van der Waals surface area contributed by atoms with Crippen LogP contribution in [0.3, 0.4) is 0 Å². The van der Waals surface area contributed by atoms with Crippen molar-refractivity contribution in [3.05, 3.63) is 51.3 Å². The number of aromatic nitrogens is 2. The first-order valence-corrected chi connectivity index (χ1v) is 5.35. The zero-order chi connectivity index (χ0) is 13.1. The lowest BCUT2D eigenvalue weighted by molar-refractivity contribution is -0.384. The van der Waals surface area contributed by atoms with Crippen LogP contribution >= 0.6 is 11.6 Å². The van der Waals surface area contributed by atoms with Crippen LogP contribution in [0.15, 0.2) is 30.6 Å². The van der Waals surface area contributed by atoms with Crippen LogP contribution in [-0.2, 0) is 0 Å². The van der Waals surface area contributed by atoms with Crippen LogP contribution in [0, 0.1) is 17.0 Å². The molecule has 0 aliphatic rings. The van der Waals surface area contributed by atoms with Crippen LogP contribution in [0.2, 0.25) is 5.02 Å². The van der Waals surface area contributed by atoms with Crippen molar-refractivity contribution in [3.8, 4) is 11.8 Å². The molecule has 2 rings (SSSR count). The first-order valence-electron chi connectivity index (χ1n) is 4.97. The van der Waals surface area contributed by atoms with Crippen molar-refractivity contribution in [2.75, 3.05) is 0 Å². The fourth-order valence-corrected chi connectivity index (χ4v) is 1.62. The van der Waals surface area contributed by atoms with Crippen molar-refractivity contribution in [2.24, 2.45) is 0 Å². The number of aryl methyl sites for hydroxylation is 1. The number of nitro groups is 1. The van der Waals surface area contributed by atoms with Crippen LogP contribution in [0.25, 0.3) is 0 Å². The number of hydrogen-bond acceptors (Lipinski definition) is 5. The van der Waals surface area contributed by atoms with Crippen molar-refractivity contribution < 1.29 is 9.66 Å². The standard InChI is InChI=1S/C11H8ClN3O3/c1-7-5-8(12)9(15(16)17)6-10(7)18-11-13-3-2-4-14-11/h2-6H,1H3. The summed E-state index contributed by atoms with van der Waals surface area (Å²) < 4.78 is 5.37. The maximum absolute atomic E-state index is 10.8. The minimum absolute atomic E-state index is 0.0684. The molecule has 18 heavy (non-hydrogen) atoms. The molecule has 1 heterocycles. The molecule has 0 spiro atoms. The molecule has 0 radical (unpaired) electrons. The normalized spacial score (nSPS) is 10.1. The van der Waals surface area contributed by atoms with Gasteiger partial charge in [0.05, 0.1) is 11.0 Å². The fraction of sp³-hybridized carbons (Fsp3) is 0.0909. The van der Waals surface area contributed by atoms with Crippen LogP contribution in [0.4, 0.5) is 5.69 Å². The second-order valence-electron chi connectivity index (χ2n) is 3.46. The van der Waals surface area contributed by atoms with Crippen molar-refractivity contribution >= 4 is 17.3 Å². The van der Waals surface area contributed by atoms with Gasteiger partial charge in [-0.1, -0.05) is 11.6 Å². The van der Waals surface area contributed by atoms with Gasteiger partial charge in [0, 0.05) is 12.4 Å². The van der Waals surface area contributed by atoms with Crippen LogP contribution < -0.4 is 4.74 Å². The molecule has 0 amide bonds. The Morgan fingerprint density at radius 2 is 2.00 bits per heavy atom. The average Bonchev–Trinajstić information content (AvgIpc) is 2.33. The number of nitro benzene ring substituents is 1. The Balaban J connectivity index is 2.39. The highest BCUT2D eigenvalue weighted by atomic mass is 35.5. The average molecular weight is 266 g/mol. The molecular weight excluding hydrogens is 258 g/mol. The molecule has 0 aliphatic heterocycles. The van der Waals surface area contributed by atoms with Gasteiger partial charge < -0.3 is 4.74 Å². The molecule has 1 aromatic heterocycles. The third kappa shape index (κ3) is 2.54. The van der Waals surface area contributed by atoms with Crippen molar-refractivity contribution in [2.45, 2.75) is 6.92 Å².